The van der Waals surface area contributed by atoms with E-state index in [1.54, 1.807) is 12.1 Å². The van der Waals surface area contributed by atoms with Crippen LogP contribution in [0.4, 0.5) is 0 Å². The van der Waals surface area contributed by atoms with Gasteiger partial charge in [0.1, 0.15) is 11.8 Å². The van der Waals surface area contributed by atoms with Crippen molar-refractivity contribution in [1.82, 2.24) is 10.3 Å². The van der Waals surface area contributed by atoms with Crippen LogP contribution in [-0.4, -0.2) is 15.7 Å². The molecule has 0 aliphatic heterocycles. The van der Waals surface area contributed by atoms with Crippen molar-refractivity contribution in [2.45, 2.75) is 17.3 Å². The Morgan fingerprint density at radius 3 is 2.86 bits per heavy atom. The van der Waals surface area contributed by atoms with Crippen LogP contribution < -0.4 is 5.32 Å². The maximum Gasteiger partial charge on any atom is 0.270 e. The second kappa shape index (κ2) is 5.66. The van der Waals surface area contributed by atoms with Crippen LogP contribution >= 0.6 is 15.9 Å². The van der Waals surface area contributed by atoms with Crippen LogP contribution in [0.15, 0.2) is 42.6 Å². The molecule has 0 radical (unpaired) electrons. The Kier molecular flexibility index (Phi) is 3.72. The highest BCUT2D eigenvalue weighted by molar-refractivity contribution is 9.09. The summed E-state index contributed by atoms with van der Waals surface area (Å²) in [5.74, 6) is -0.231. The lowest BCUT2D eigenvalue weighted by Gasteiger charge is -2.17. The zero-order chi connectivity index (χ0) is 14.8. The molecule has 2 atom stereocenters. The number of alkyl halides is 1. The summed E-state index contributed by atoms with van der Waals surface area (Å²) in [5, 5.41) is 11.8. The molecule has 4 nitrogen and oxygen atoms in total. The second-order valence-corrected chi connectivity index (χ2v) is 6.09. The van der Waals surface area contributed by atoms with Gasteiger partial charge in [0.15, 0.2) is 0 Å². The van der Waals surface area contributed by atoms with Crippen molar-refractivity contribution in [2.75, 3.05) is 0 Å². The van der Waals surface area contributed by atoms with Crippen molar-refractivity contribution in [3.63, 3.8) is 0 Å². The van der Waals surface area contributed by atoms with Gasteiger partial charge in [-0.2, -0.15) is 5.26 Å². The molecule has 1 aromatic heterocycles. The van der Waals surface area contributed by atoms with Crippen molar-refractivity contribution < 1.29 is 4.79 Å². The number of fused-ring (bicyclic) bond motifs is 1. The van der Waals surface area contributed by atoms with Crippen molar-refractivity contribution >= 4 is 21.8 Å². The van der Waals surface area contributed by atoms with Gasteiger partial charge >= 0.3 is 0 Å². The van der Waals surface area contributed by atoms with E-state index in [4.69, 9.17) is 5.26 Å². The van der Waals surface area contributed by atoms with Crippen molar-refractivity contribution in [1.29, 1.82) is 5.26 Å². The van der Waals surface area contributed by atoms with Crippen molar-refractivity contribution in [3.05, 3.63) is 65.0 Å². The first-order valence-corrected chi connectivity index (χ1v) is 7.49. The molecule has 3 rings (SSSR count). The largest absolute Gasteiger partial charge is 0.343 e. The summed E-state index contributed by atoms with van der Waals surface area (Å²) in [6, 6.07) is 13.2. The molecule has 0 spiro atoms. The first kappa shape index (κ1) is 13.8. The highest BCUT2D eigenvalue weighted by Gasteiger charge is 2.31. The number of pyridine rings is 1. The molecule has 0 saturated heterocycles. The van der Waals surface area contributed by atoms with E-state index in [0.717, 1.165) is 12.0 Å². The Morgan fingerprint density at radius 2 is 2.14 bits per heavy atom. The lowest BCUT2D eigenvalue weighted by Crippen LogP contribution is -2.32. The van der Waals surface area contributed by atoms with Crippen LogP contribution in [0.3, 0.4) is 0 Å². The predicted octanol–water partition coefficient (Wildman–Crippen LogP) is 2.74. The third kappa shape index (κ3) is 2.67. The summed E-state index contributed by atoms with van der Waals surface area (Å²) in [6.45, 7) is 0. The van der Waals surface area contributed by atoms with Gasteiger partial charge in [-0.15, -0.1) is 0 Å². The molecule has 1 heterocycles. The number of benzene rings is 1. The van der Waals surface area contributed by atoms with Crippen LogP contribution in [-0.2, 0) is 6.42 Å². The molecule has 1 amide bonds. The summed E-state index contributed by atoms with van der Waals surface area (Å²) >= 11 is 3.63. The lowest BCUT2D eigenvalue weighted by atomic mass is 10.1. The van der Waals surface area contributed by atoms with Gasteiger partial charge in [0.2, 0.25) is 0 Å². The molecule has 0 bridgehead atoms. The number of nitrogens with zero attached hydrogens (tertiary/aromatic N) is 2. The summed E-state index contributed by atoms with van der Waals surface area (Å²) in [4.78, 5) is 16.5. The van der Waals surface area contributed by atoms with E-state index in [-0.39, 0.29) is 16.8 Å². The number of amides is 1. The molecule has 1 aliphatic rings. The quantitative estimate of drug-likeness (QED) is 0.854. The van der Waals surface area contributed by atoms with Gasteiger partial charge in [0.05, 0.1) is 11.6 Å². The van der Waals surface area contributed by atoms with E-state index in [1.165, 1.54) is 11.8 Å². The summed E-state index contributed by atoms with van der Waals surface area (Å²) < 4.78 is 0. The van der Waals surface area contributed by atoms with Crippen LogP contribution in [0.25, 0.3) is 0 Å². The molecule has 1 aromatic carbocycles. The minimum Gasteiger partial charge on any atom is -0.343 e. The number of nitrogens with one attached hydrogen (secondary N) is 1. The number of carbonyl (C=O) groups is 1. The van der Waals surface area contributed by atoms with Crippen molar-refractivity contribution in [3.8, 4) is 6.07 Å². The van der Waals surface area contributed by atoms with Crippen molar-refractivity contribution in [2.24, 2.45) is 0 Å². The topological polar surface area (TPSA) is 65.8 Å². The highest BCUT2D eigenvalue weighted by atomic mass is 79.9. The third-order valence-electron chi connectivity index (χ3n) is 3.58. The fourth-order valence-electron chi connectivity index (χ4n) is 2.52. The van der Waals surface area contributed by atoms with Crippen LogP contribution in [0.2, 0.25) is 0 Å². The lowest BCUT2D eigenvalue weighted by molar-refractivity contribution is 0.0933. The SMILES string of the molecule is N#Cc1ccc(C(=O)NC2c3ccccc3CC2Br)nc1. The van der Waals surface area contributed by atoms with E-state index in [0.29, 0.717) is 11.3 Å². The standard InChI is InChI=1S/C16H12BrN3O/c17-13-7-11-3-1-2-4-12(11)15(13)20-16(21)14-6-5-10(8-18)9-19-14/h1-6,9,13,15H,7H2,(H,20,21). The molecule has 2 unspecified atom stereocenters. The van der Waals surface area contributed by atoms with Gasteiger partial charge in [0, 0.05) is 11.0 Å². The molecule has 0 saturated carbocycles. The van der Waals surface area contributed by atoms with Crippen LogP contribution in [0.1, 0.15) is 33.2 Å². The molecule has 5 heteroatoms. The summed E-state index contributed by atoms with van der Waals surface area (Å²) in [7, 11) is 0. The Hall–Kier alpha value is -2.19. The maximum absolute atomic E-state index is 12.3. The maximum atomic E-state index is 12.3. The van der Waals surface area contributed by atoms with E-state index in [1.807, 2.05) is 24.3 Å². The Labute approximate surface area is 130 Å². The number of carbonyl (C=O) groups excluding carboxylic acids is 1. The number of hydrogen-bond donors (Lipinski definition) is 1. The van der Waals surface area contributed by atoms with E-state index in [9.17, 15) is 4.79 Å². The Bertz CT molecular complexity index is 721. The van der Waals surface area contributed by atoms with E-state index in [2.05, 4.69) is 32.3 Å². The van der Waals surface area contributed by atoms with Crippen LogP contribution in [0.5, 0.6) is 0 Å². The number of halogens is 1. The van der Waals surface area contributed by atoms with Gasteiger partial charge < -0.3 is 5.32 Å². The first-order chi connectivity index (χ1) is 10.2. The number of aromatic nitrogens is 1. The number of nitriles is 1. The molecule has 2 aromatic rings. The second-order valence-electron chi connectivity index (χ2n) is 4.91. The summed E-state index contributed by atoms with van der Waals surface area (Å²) in [6.07, 6.45) is 2.30. The third-order valence-corrected chi connectivity index (χ3v) is 4.43. The molecule has 0 fully saturated rings. The number of hydrogen-bond acceptors (Lipinski definition) is 3. The zero-order valence-corrected chi connectivity index (χ0v) is 12.7. The van der Waals surface area contributed by atoms with Gasteiger partial charge in [-0.25, -0.2) is 4.98 Å². The molecular weight excluding hydrogens is 330 g/mol. The molecule has 104 valence electrons. The Morgan fingerprint density at radius 1 is 1.33 bits per heavy atom. The highest BCUT2D eigenvalue weighted by Crippen LogP contribution is 2.35. The minimum atomic E-state index is -0.231. The number of rotatable bonds is 2. The fraction of sp³-hybridized carbons (Fsp3) is 0.188. The molecular formula is C16H12BrN3O. The van der Waals surface area contributed by atoms with E-state index < -0.39 is 0 Å². The van der Waals surface area contributed by atoms with Gasteiger partial charge in [-0.3, -0.25) is 4.79 Å². The van der Waals surface area contributed by atoms with Gasteiger partial charge in [0.25, 0.3) is 5.91 Å². The van der Waals surface area contributed by atoms with Gasteiger partial charge in [-0.1, -0.05) is 40.2 Å². The predicted molar refractivity (Wildman–Crippen MR) is 82.0 cm³/mol. The molecule has 1 aliphatic carbocycles. The Balaban J connectivity index is 1.80. The smallest absolute Gasteiger partial charge is 0.270 e. The zero-order valence-electron chi connectivity index (χ0n) is 11.1. The van der Waals surface area contributed by atoms with Crippen LogP contribution in [0, 0.1) is 11.3 Å². The fourth-order valence-corrected chi connectivity index (χ4v) is 3.29. The first-order valence-electron chi connectivity index (χ1n) is 6.58. The minimum absolute atomic E-state index is 0.0638. The van der Waals surface area contributed by atoms with Gasteiger partial charge in [-0.05, 0) is 29.7 Å². The average molecular weight is 342 g/mol. The molecule has 1 N–H and O–H groups in total. The normalized spacial score (nSPS) is 19.6. The molecule has 21 heavy (non-hydrogen) atoms. The average Bonchev–Trinajstić information content (AvgIpc) is 2.83. The summed E-state index contributed by atoms with van der Waals surface area (Å²) in [5.41, 5.74) is 3.15. The monoisotopic (exact) mass is 341 g/mol. The van der Waals surface area contributed by atoms with E-state index >= 15 is 0 Å².